The summed E-state index contributed by atoms with van der Waals surface area (Å²) < 4.78 is 29.1. The average molecular weight is 506 g/mol. The van der Waals surface area contributed by atoms with E-state index in [0.717, 1.165) is 36.3 Å². The molecule has 0 aromatic heterocycles. The predicted molar refractivity (Wildman–Crippen MR) is 145 cm³/mol. The SMILES string of the molecule is Cc1ccc(NS(=O)(=O)c2cc(C(=O)NCc3ccccc3CN3CCCCC3)ccc2C)c(C)c1. The molecule has 1 fully saturated rings. The van der Waals surface area contributed by atoms with Crippen LogP contribution in [0.4, 0.5) is 5.69 Å². The van der Waals surface area contributed by atoms with E-state index in [9.17, 15) is 13.2 Å². The van der Waals surface area contributed by atoms with Gasteiger partial charge in [-0.05, 0) is 87.2 Å². The molecule has 190 valence electrons. The molecule has 1 aliphatic rings. The van der Waals surface area contributed by atoms with Gasteiger partial charge in [0.15, 0.2) is 0 Å². The molecule has 0 saturated carbocycles. The number of nitrogens with zero attached hydrogens (tertiary/aromatic N) is 1. The molecule has 4 rings (SSSR count). The van der Waals surface area contributed by atoms with E-state index in [0.29, 0.717) is 23.4 Å². The Morgan fingerprint density at radius 1 is 0.861 bits per heavy atom. The topological polar surface area (TPSA) is 78.5 Å². The van der Waals surface area contributed by atoms with E-state index in [1.165, 1.54) is 30.9 Å². The summed E-state index contributed by atoms with van der Waals surface area (Å²) in [4.78, 5) is 15.6. The Kier molecular flexibility index (Phi) is 8.11. The van der Waals surface area contributed by atoms with Gasteiger partial charge in [0.05, 0.1) is 10.6 Å². The van der Waals surface area contributed by atoms with Crippen LogP contribution in [0.15, 0.2) is 65.6 Å². The number of rotatable bonds is 8. The number of piperidine rings is 1. The number of likely N-dealkylation sites (tertiary alicyclic amines) is 1. The predicted octanol–water partition coefficient (Wildman–Crippen LogP) is 5.33. The first-order valence-electron chi connectivity index (χ1n) is 12.5. The minimum absolute atomic E-state index is 0.0978. The molecule has 1 amide bonds. The second-order valence-corrected chi connectivity index (χ2v) is 11.3. The van der Waals surface area contributed by atoms with Crippen molar-refractivity contribution in [1.29, 1.82) is 0 Å². The largest absolute Gasteiger partial charge is 0.348 e. The molecule has 1 heterocycles. The molecular weight excluding hydrogens is 470 g/mol. The third kappa shape index (κ3) is 6.33. The summed E-state index contributed by atoms with van der Waals surface area (Å²) in [5, 5.41) is 2.98. The van der Waals surface area contributed by atoms with Gasteiger partial charge in [-0.3, -0.25) is 14.4 Å². The fourth-order valence-corrected chi connectivity index (χ4v) is 6.08. The second kappa shape index (κ2) is 11.3. The first-order chi connectivity index (χ1) is 17.2. The Hall–Kier alpha value is -3.16. The second-order valence-electron chi connectivity index (χ2n) is 9.69. The van der Waals surface area contributed by atoms with Gasteiger partial charge in [0.1, 0.15) is 0 Å². The van der Waals surface area contributed by atoms with Crippen molar-refractivity contribution in [3.8, 4) is 0 Å². The van der Waals surface area contributed by atoms with Crippen molar-refractivity contribution in [3.63, 3.8) is 0 Å². The number of nitrogens with one attached hydrogen (secondary N) is 2. The van der Waals surface area contributed by atoms with Crippen molar-refractivity contribution in [2.75, 3.05) is 17.8 Å². The standard InChI is InChI=1S/C29H35N3O3S/c1-21-11-14-27(23(3)17-21)31-36(34,35)28-18-24(13-12-22(28)2)29(33)30-19-25-9-5-6-10-26(25)20-32-15-7-4-8-16-32/h5-6,9-14,17-18,31H,4,7-8,15-16,19-20H2,1-3H3,(H,30,33). The summed E-state index contributed by atoms with van der Waals surface area (Å²) in [7, 11) is -3.86. The van der Waals surface area contributed by atoms with Crippen molar-refractivity contribution in [1.82, 2.24) is 10.2 Å². The van der Waals surface area contributed by atoms with Crippen molar-refractivity contribution in [2.24, 2.45) is 0 Å². The average Bonchev–Trinajstić information content (AvgIpc) is 2.86. The Morgan fingerprint density at radius 2 is 1.58 bits per heavy atom. The molecule has 3 aromatic rings. The molecule has 0 spiro atoms. The van der Waals surface area contributed by atoms with Crippen LogP contribution in [0.5, 0.6) is 0 Å². The van der Waals surface area contributed by atoms with E-state index in [-0.39, 0.29) is 10.8 Å². The van der Waals surface area contributed by atoms with Gasteiger partial charge >= 0.3 is 0 Å². The zero-order chi connectivity index (χ0) is 25.7. The van der Waals surface area contributed by atoms with E-state index >= 15 is 0 Å². The quantitative estimate of drug-likeness (QED) is 0.434. The van der Waals surface area contributed by atoms with Crippen molar-refractivity contribution in [2.45, 2.75) is 58.0 Å². The number of hydrogen-bond donors (Lipinski definition) is 2. The lowest BCUT2D eigenvalue weighted by Crippen LogP contribution is -2.30. The monoisotopic (exact) mass is 505 g/mol. The van der Waals surface area contributed by atoms with E-state index in [4.69, 9.17) is 0 Å². The van der Waals surface area contributed by atoms with Gasteiger partial charge in [-0.25, -0.2) is 8.42 Å². The Morgan fingerprint density at radius 3 is 2.31 bits per heavy atom. The van der Waals surface area contributed by atoms with Crippen molar-refractivity contribution in [3.05, 3.63) is 94.0 Å². The number of amides is 1. The minimum atomic E-state index is -3.86. The third-order valence-electron chi connectivity index (χ3n) is 6.77. The van der Waals surface area contributed by atoms with Crippen LogP contribution in [0.2, 0.25) is 0 Å². The molecule has 3 aromatic carbocycles. The molecule has 0 unspecified atom stereocenters. The molecule has 1 saturated heterocycles. The van der Waals surface area contributed by atoms with Crippen molar-refractivity contribution < 1.29 is 13.2 Å². The maximum atomic E-state index is 13.2. The Bertz CT molecular complexity index is 1350. The molecule has 0 atom stereocenters. The van der Waals surface area contributed by atoms with Crippen LogP contribution >= 0.6 is 0 Å². The van der Waals surface area contributed by atoms with Gasteiger partial charge in [-0.2, -0.15) is 0 Å². The zero-order valence-electron chi connectivity index (χ0n) is 21.3. The highest BCUT2D eigenvalue weighted by Crippen LogP contribution is 2.24. The smallest absolute Gasteiger partial charge is 0.262 e. The van der Waals surface area contributed by atoms with Crippen molar-refractivity contribution >= 4 is 21.6 Å². The van der Waals surface area contributed by atoms with Crippen LogP contribution in [0.1, 0.15) is 57.4 Å². The molecule has 0 radical (unpaired) electrons. The molecule has 7 heteroatoms. The van der Waals surface area contributed by atoms with Crippen LogP contribution < -0.4 is 10.0 Å². The maximum absolute atomic E-state index is 13.2. The highest BCUT2D eigenvalue weighted by atomic mass is 32.2. The lowest BCUT2D eigenvalue weighted by atomic mass is 10.0. The summed E-state index contributed by atoms with van der Waals surface area (Å²) >= 11 is 0. The van der Waals surface area contributed by atoms with E-state index in [1.807, 2.05) is 44.2 Å². The van der Waals surface area contributed by atoms with Gasteiger partial charge in [0.25, 0.3) is 15.9 Å². The lowest BCUT2D eigenvalue weighted by Gasteiger charge is -2.27. The minimum Gasteiger partial charge on any atom is -0.348 e. The summed E-state index contributed by atoms with van der Waals surface area (Å²) in [5.74, 6) is -0.300. The van der Waals surface area contributed by atoms with Gasteiger partial charge in [0, 0.05) is 18.7 Å². The molecule has 2 N–H and O–H groups in total. The van der Waals surface area contributed by atoms with Gasteiger partial charge < -0.3 is 5.32 Å². The van der Waals surface area contributed by atoms with E-state index in [1.54, 1.807) is 25.1 Å². The van der Waals surface area contributed by atoms with Crippen LogP contribution in [0.3, 0.4) is 0 Å². The number of benzene rings is 3. The highest BCUT2D eigenvalue weighted by Gasteiger charge is 2.20. The molecule has 0 aliphatic carbocycles. The fourth-order valence-electron chi connectivity index (χ4n) is 4.68. The summed E-state index contributed by atoms with van der Waals surface area (Å²) in [6, 6.07) is 18.5. The normalized spacial score (nSPS) is 14.4. The van der Waals surface area contributed by atoms with Gasteiger partial charge in [-0.15, -0.1) is 0 Å². The first-order valence-corrected chi connectivity index (χ1v) is 14.0. The fraction of sp³-hybridized carbons (Fsp3) is 0.345. The number of aryl methyl sites for hydroxylation is 3. The number of carbonyl (C=O) groups excluding carboxylic acids is 1. The molecule has 0 bridgehead atoms. The summed E-state index contributed by atoms with van der Waals surface area (Å²) in [6.45, 7) is 9.04. The third-order valence-corrected chi connectivity index (χ3v) is 8.27. The van der Waals surface area contributed by atoms with E-state index < -0.39 is 10.0 Å². The molecule has 1 aliphatic heterocycles. The molecule has 36 heavy (non-hydrogen) atoms. The van der Waals surface area contributed by atoms with Gasteiger partial charge in [0.2, 0.25) is 0 Å². The number of anilines is 1. The zero-order valence-corrected chi connectivity index (χ0v) is 22.1. The van der Waals surface area contributed by atoms with Crippen LogP contribution in [-0.2, 0) is 23.1 Å². The first kappa shape index (κ1) is 25.9. The number of hydrogen-bond acceptors (Lipinski definition) is 4. The van der Waals surface area contributed by atoms with Crippen LogP contribution in [0.25, 0.3) is 0 Å². The summed E-state index contributed by atoms with van der Waals surface area (Å²) in [6.07, 6.45) is 3.76. The Balaban J connectivity index is 1.48. The van der Waals surface area contributed by atoms with E-state index in [2.05, 4.69) is 21.0 Å². The van der Waals surface area contributed by atoms with Gasteiger partial charge in [-0.1, -0.05) is 54.4 Å². The maximum Gasteiger partial charge on any atom is 0.262 e. The van der Waals surface area contributed by atoms with Crippen LogP contribution in [-0.4, -0.2) is 32.3 Å². The summed E-state index contributed by atoms with van der Waals surface area (Å²) in [5.41, 5.74) is 5.61. The number of sulfonamides is 1. The van der Waals surface area contributed by atoms with Crippen LogP contribution in [0, 0.1) is 20.8 Å². The highest BCUT2D eigenvalue weighted by molar-refractivity contribution is 7.92. The lowest BCUT2D eigenvalue weighted by molar-refractivity contribution is 0.0950. The molecule has 6 nitrogen and oxygen atoms in total. The number of carbonyl (C=O) groups is 1. The Labute approximate surface area is 214 Å². The molecular formula is C29H35N3O3S.